The van der Waals surface area contributed by atoms with E-state index in [0.29, 0.717) is 6.10 Å². The van der Waals surface area contributed by atoms with E-state index in [4.69, 9.17) is 9.47 Å². The Morgan fingerprint density at radius 3 is 2.80 bits per heavy atom. The fourth-order valence-corrected chi connectivity index (χ4v) is 1.54. The van der Waals surface area contributed by atoms with E-state index in [9.17, 15) is 0 Å². The number of benzene rings is 1. The number of rotatable bonds is 2. The van der Waals surface area contributed by atoms with Crippen LogP contribution in [0.2, 0.25) is 0 Å². The second-order valence-electron chi connectivity index (χ2n) is 3.74. The Kier molecular flexibility index (Phi) is 3.54. The molecule has 2 atom stereocenters. The standard InChI is InChI=1S/C13H16O2/c1-11-9-10-14-13(15-11)8-7-12-5-3-2-4-6-12/h2-8,11,13H,9-10H2,1H3/b8-7+. The molecule has 1 saturated heterocycles. The third-order valence-electron chi connectivity index (χ3n) is 2.42. The first-order valence-electron chi connectivity index (χ1n) is 5.35. The SMILES string of the molecule is CC1CCOC(/C=C/c2ccccc2)O1. The van der Waals surface area contributed by atoms with E-state index in [2.05, 4.69) is 19.1 Å². The van der Waals surface area contributed by atoms with Gasteiger partial charge in [0, 0.05) is 0 Å². The molecule has 0 saturated carbocycles. The molecule has 1 aliphatic heterocycles. The molecule has 2 unspecified atom stereocenters. The molecular weight excluding hydrogens is 188 g/mol. The summed E-state index contributed by atoms with van der Waals surface area (Å²) < 4.78 is 11.1. The van der Waals surface area contributed by atoms with E-state index in [1.165, 1.54) is 5.56 Å². The smallest absolute Gasteiger partial charge is 0.177 e. The molecule has 0 aliphatic carbocycles. The summed E-state index contributed by atoms with van der Waals surface area (Å²) in [4.78, 5) is 0. The van der Waals surface area contributed by atoms with Crippen LogP contribution < -0.4 is 0 Å². The third kappa shape index (κ3) is 3.18. The summed E-state index contributed by atoms with van der Waals surface area (Å²) in [6.45, 7) is 2.86. The molecular formula is C13H16O2. The van der Waals surface area contributed by atoms with Crippen molar-refractivity contribution in [3.63, 3.8) is 0 Å². The van der Waals surface area contributed by atoms with Crippen LogP contribution in [0.25, 0.3) is 6.08 Å². The van der Waals surface area contributed by atoms with Crippen molar-refractivity contribution in [1.29, 1.82) is 0 Å². The minimum atomic E-state index is -0.186. The van der Waals surface area contributed by atoms with Crippen LogP contribution in [-0.4, -0.2) is 19.0 Å². The lowest BCUT2D eigenvalue weighted by Gasteiger charge is -2.25. The average Bonchev–Trinajstić information content (AvgIpc) is 2.28. The molecule has 1 aliphatic rings. The molecule has 0 aromatic heterocycles. The molecule has 1 fully saturated rings. The lowest BCUT2D eigenvalue weighted by Crippen LogP contribution is -2.28. The van der Waals surface area contributed by atoms with Crippen LogP contribution >= 0.6 is 0 Å². The van der Waals surface area contributed by atoms with E-state index in [-0.39, 0.29) is 6.29 Å². The molecule has 2 nitrogen and oxygen atoms in total. The zero-order chi connectivity index (χ0) is 10.5. The van der Waals surface area contributed by atoms with E-state index < -0.39 is 0 Å². The maximum absolute atomic E-state index is 5.60. The van der Waals surface area contributed by atoms with Crippen molar-refractivity contribution < 1.29 is 9.47 Å². The molecule has 0 spiro atoms. The molecule has 0 amide bonds. The van der Waals surface area contributed by atoms with Crippen molar-refractivity contribution in [2.45, 2.75) is 25.7 Å². The van der Waals surface area contributed by atoms with Gasteiger partial charge in [-0.25, -0.2) is 0 Å². The van der Waals surface area contributed by atoms with Crippen LogP contribution in [-0.2, 0) is 9.47 Å². The van der Waals surface area contributed by atoms with Crippen molar-refractivity contribution in [2.75, 3.05) is 6.61 Å². The van der Waals surface area contributed by atoms with Crippen LogP contribution in [0.15, 0.2) is 36.4 Å². The van der Waals surface area contributed by atoms with Crippen molar-refractivity contribution in [3.8, 4) is 0 Å². The predicted molar refractivity (Wildman–Crippen MR) is 60.4 cm³/mol. The van der Waals surface area contributed by atoms with Crippen LogP contribution in [0.1, 0.15) is 18.9 Å². The molecule has 1 heterocycles. The largest absolute Gasteiger partial charge is 0.349 e. The second-order valence-corrected chi connectivity index (χ2v) is 3.74. The fraction of sp³-hybridized carbons (Fsp3) is 0.385. The number of hydrogen-bond acceptors (Lipinski definition) is 2. The first-order chi connectivity index (χ1) is 7.34. The van der Waals surface area contributed by atoms with Crippen LogP contribution in [0.4, 0.5) is 0 Å². The Morgan fingerprint density at radius 1 is 1.27 bits per heavy atom. The Hall–Kier alpha value is -1.12. The molecule has 2 heteroatoms. The quantitative estimate of drug-likeness (QED) is 0.737. The van der Waals surface area contributed by atoms with Gasteiger partial charge in [-0.1, -0.05) is 36.4 Å². The third-order valence-corrected chi connectivity index (χ3v) is 2.42. The van der Waals surface area contributed by atoms with Crippen molar-refractivity contribution >= 4 is 6.08 Å². The second kappa shape index (κ2) is 5.10. The van der Waals surface area contributed by atoms with Gasteiger partial charge in [-0.05, 0) is 25.0 Å². The van der Waals surface area contributed by atoms with Crippen LogP contribution in [0.5, 0.6) is 0 Å². The van der Waals surface area contributed by atoms with Crippen molar-refractivity contribution in [1.82, 2.24) is 0 Å². The summed E-state index contributed by atoms with van der Waals surface area (Å²) in [5.41, 5.74) is 1.17. The summed E-state index contributed by atoms with van der Waals surface area (Å²) in [7, 11) is 0. The van der Waals surface area contributed by atoms with Gasteiger partial charge >= 0.3 is 0 Å². The van der Waals surface area contributed by atoms with Crippen LogP contribution in [0, 0.1) is 0 Å². The molecule has 2 rings (SSSR count). The van der Waals surface area contributed by atoms with Gasteiger partial charge in [0.05, 0.1) is 12.7 Å². The lowest BCUT2D eigenvalue weighted by atomic mass is 10.2. The molecule has 1 aromatic carbocycles. The van der Waals surface area contributed by atoms with Crippen molar-refractivity contribution in [2.24, 2.45) is 0 Å². The van der Waals surface area contributed by atoms with Gasteiger partial charge in [0.15, 0.2) is 6.29 Å². The molecule has 15 heavy (non-hydrogen) atoms. The van der Waals surface area contributed by atoms with Crippen molar-refractivity contribution in [3.05, 3.63) is 42.0 Å². The normalized spacial score (nSPS) is 27.0. The highest BCUT2D eigenvalue weighted by Crippen LogP contribution is 2.14. The zero-order valence-corrected chi connectivity index (χ0v) is 8.93. The Balaban J connectivity index is 1.93. The zero-order valence-electron chi connectivity index (χ0n) is 8.93. The number of hydrogen-bond donors (Lipinski definition) is 0. The summed E-state index contributed by atoms with van der Waals surface area (Å²) in [5, 5.41) is 0. The van der Waals surface area contributed by atoms with Crippen LogP contribution in [0.3, 0.4) is 0 Å². The van der Waals surface area contributed by atoms with E-state index in [1.807, 2.05) is 30.4 Å². The van der Waals surface area contributed by atoms with Gasteiger partial charge in [0.25, 0.3) is 0 Å². The van der Waals surface area contributed by atoms with Gasteiger partial charge in [0.2, 0.25) is 0 Å². The Bertz CT molecular complexity index is 319. The summed E-state index contributed by atoms with van der Waals surface area (Å²) in [6, 6.07) is 10.2. The highest BCUT2D eigenvalue weighted by Gasteiger charge is 2.16. The fourth-order valence-electron chi connectivity index (χ4n) is 1.54. The average molecular weight is 204 g/mol. The lowest BCUT2D eigenvalue weighted by molar-refractivity contribution is -0.180. The van der Waals surface area contributed by atoms with Gasteiger partial charge in [0.1, 0.15) is 0 Å². The van der Waals surface area contributed by atoms with Gasteiger partial charge in [-0.2, -0.15) is 0 Å². The highest BCUT2D eigenvalue weighted by molar-refractivity contribution is 5.48. The predicted octanol–water partition coefficient (Wildman–Crippen LogP) is 2.85. The number of ether oxygens (including phenoxy) is 2. The van der Waals surface area contributed by atoms with E-state index in [1.54, 1.807) is 0 Å². The monoisotopic (exact) mass is 204 g/mol. The summed E-state index contributed by atoms with van der Waals surface area (Å²) in [5.74, 6) is 0. The molecule has 0 radical (unpaired) electrons. The Labute approximate surface area is 90.5 Å². The Morgan fingerprint density at radius 2 is 2.07 bits per heavy atom. The van der Waals surface area contributed by atoms with Gasteiger partial charge in [-0.3, -0.25) is 0 Å². The first kappa shape index (κ1) is 10.4. The molecule has 1 aromatic rings. The topological polar surface area (TPSA) is 18.5 Å². The highest BCUT2D eigenvalue weighted by atomic mass is 16.7. The molecule has 0 N–H and O–H groups in total. The van der Waals surface area contributed by atoms with E-state index in [0.717, 1.165) is 13.0 Å². The summed E-state index contributed by atoms with van der Waals surface area (Å²) in [6.07, 6.45) is 5.08. The maximum Gasteiger partial charge on any atom is 0.177 e. The molecule has 80 valence electrons. The van der Waals surface area contributed by atoms with Gasteiger partial charge in [-0.15, -0.1) is 0 Å². The molecule has 0 bridgehead atoms. The maximum atomic E-state index is 5.60. The van der Waals surface area contributed by atoms with E-state index >= 15 is 0 Å². The van der Waals surface area contributed by atoms with Gasteiger partial charge < -0.3 is 9.47 Å². The minimum absolute atomic E-state index is 0.186. The first-order valence-corrected chi connectivity index (χ1v) is 5.35. The summed E-state index contributed by atoms with van der Waals surface area (Å²) >= 11 is 0. The minimum Gasteiger partial charge on any atom is -0.349 e.